The van der Waals surface area contributed by atoms with Crippen molar-refractivity contribution in [2.24, 2.45) is 11.3 Å². The van der Waals surface area contributed by atoms with E-state index in [2.05, 4.69) is 5.32 Å². The van der Waals surface area contributed by atoms with Crippen molar-refractivity contribution >= 4 is 21.7 Å². The minimum atomic E-state index is -3.13. The topological polar surface area (TPSA) is 101 Å². The minimum Gasteiger partial charge on any atom is -0.481 e. The van der Waals surface area contributed by atoms with Crippen molar-refractivity contribution < 1.29 is 23.1 Å². The van der Waals surface area contributed by atoms with Gasteiger partial charge >= 0.3 is 5.97 Å². The molecule has 0 aromatic rings. The minimum absolute atomic E-state index is 0.0217. The fourth-order valence-corrected chi connectivity index (χ4v) is 3.58. The summed E-state index contributed by atoms with van der Waals surface area (Å²) in [5.41, 5.74) is -2.12. The van der Waals surface area contributed by atoms with E-state index in [0.717, 1.165) is 0 Å². The number of carboxylic acid groups (broad SMARTS) is 1. The summed E-state index contributed by atoms with van der Waals surface area (Å²) in [6, 6.07) is 0. The number of nitrogens with one attached hydrogen (secondary N) is 1. The Kier molecular flexibility index (Phi) is 4.01. The van der Waals surface area contributed by atoms with Crippen LogP contribution in [0.15, 0.2) is 0 Å². The fraction of sp³-hybridized carbons (Fsp3) is 0.833. The van der Waals surface area contributed by atoms with E-state index in [4.69, 9.17) is 0 Å². The number of sulfone groups is 1. The number of carbonyl (C=O) groups is 2. The third-order valence-corrected chi connectivity index (χ3v) is 5.90. The molecule has 6 nitrogen and oxygen atoms in total. The maximum absolute atomic E-state index is 12.0. The van der Waals surface area contributed by atoms with Gasteiger partial charge in [-0.15, -0.1) is 0 Å². The van der Waals surface area contributed by atoms with Gasteiger partial charge in [0.25, 0.3) is 0 Å². The highest BCUT2D eigenvalue weighted by Crippen LogP contribution is 2.31. The molecule has 1 heterocycles. The number of aliphatic carboxylic acids is 1. The summed E-state index contributed by atoms with van der Waals surface area (Å²) in [4.78, 5) is 23.3. The maximum Gasteiger partial charge on any atom is 0.311 e. The predicted molar refractivity (Wildman–Crippen MR) is 70.4 cm³/mol. The van der Waals surface area contributed by atoms with Gasteiger partial charge in [0, 0.05) is 5.54 Å². The highest BCUT2D eigenvalue weighted by atomic mass is 32.2. The molecule has 110 valence electrons. The Morgan fingerprint density at radius 3 is 2.11 bits per heavy atom. The third kappa shape index (κ3) is 3.26. The van der Waals surface area contributed by atoms with Crippen molar-refractivity contribution in [3.8, 4) is 0 Å². The second-order valence-electron chi connectivity index (χ2n) is 6.14. The van der Waals surface area contributed by atoms with Crippen LogP contribution in [0.1, 0.15) is 34.1 Å². The first-order valence-electron chi connectivity index (χ1n) is 6.15. The number of carbonyl (C=O) groups excluding carboxylic acids is 1. The molecule has 2 N–H and O–H groups in total. The summed E-state index contributed by atoms with van der Waals surface area (Å²) < 4.78 is 22.7. The zero-order valence-electron chi connectivity index (χ0n) is 11.7. The summed E-state index contributed by atoms with van der Waals surface area (Å²) >= 11 is 0. The van der Waals surface area contributed by atoms with Crippen LogP contribution in [0.25, 0.3) is 0 Å². The molecule has 1 atom stereocenters. The Morgan fingerprint density at radius 1 is 1.21 bits per heavy atom. The molecule has 1 unspecified atom stereocenters. The first-order chi connectivity index (χ1) is 8.39. The van der Waals surface area contributed by atoms with Crippen LogP contribution in [-0.2, 0) is 19.4 Å². The first kappa shape index (κ1) is 15.9. The molecule has 0 aromatic carbocycles. The summed E-state index contributed by atoms with van der Waals surface area (Å²) in [7, 11) is -3.13. The van der Waals surface area contributed by atoms with Crippen LogP contribution >= 0.6 is 0 Å². The quantitative estimate of drug-likeness (QED) is 0.782. The lowest BCUT2D eigenvalue weighted by atomic mass is 9.74. The Balaban J connectivity index is 2.80. The summed E-state index contributed by atoms with van der Waals surface area (Å²) in [6.45, 7) is 6.31. The second kappa shape index (κ2) is 4.77. The number of amides is 1. The lowest BCUT2D eigenvalue weighted by molar-refractivity contribution is -0.152. The molecule has 0 aliphatic carbocycles. The Bertz CT molecular complexity index is 492. The van der Waals surface area contributed by atoms with Crippen LogP contribution in [0.3, 0.4) is 0 Å². The van der Waals surface area contributed by atoms with Crippen molar-refractivity contribution in [3.63, 3.8) is 0 Å². The van der Waals surface area contributed by atoms with E-state index >= 15 is 0 Å². The molecule has 0 aromatic heterocycles. The summed E-state index contributed by atoms with van der Waals surface area (Å²) in [5.74, 6) is -2.11. The Morgan fingerprint density at radius 2 is 1.74 bits per heavy atom. The van der Waals surface area contributed by atoms with Crippen LogP contribution in [0.2, 0.25) is 0 Å². The van der Waals surface area contributed by atoms with Gasteiger partial charge in [0.2, 0.25) is 5.91 Å². The smallest absolute Gasteiger partial charge is 0.311 e. The van der Waals surface area contributed by atoms with Crippen molar-refractivity contribution in [1.82, 2.24) is 5.32 Å². The third-order valence-electron chi connectivity index (χ3n) is 4.14. The summed E-state index contributed by atoms with van der Waals surface area (Å²) in [5, 5.41) is 11.9. The largest absolute Gasteiger partial charge is 0.481 e. The lowest BCUT2D eigenvalue weighted by Gasteiger charge is -2.39. The van der Waals surface area contributed by atoms with Gasteiger partial charge in [0.15, 0.2) is 9.84 Å². The molecule has 1 saturated heterocycles. The van der Waals surface area contributed by atoms with Gasteiger partial charge in [-0.2, -0.15) is 0 Å². The van der Waals surface area contributed by atoms with E-state index in [0.29, 0.717) is 6.42 Å². The van der Waals surface area contributed by atoms with Crippen LogP contribution in [0.4, 0.5) is 0 Å². The Labute approximate surface area is 113 Å². The molecule has 0 radical (unpaired) electrons. The molecule has 1 aliphatic heterocycles. The normalized spacial score (nSPS) is 23.1. The van der Waals surface area contributed by atoms with Crippen molar-refractivity contribution in [2.75, 3.05) is 11.5 Å². The van der Waals surface area contributed by atoms with Crippen LogP contribution < -0.4 is 5.32 Å². The highest BCUT2D eigenvalue weighted by molar-refractivity contribution is 7.91. The van der Waals surface area contributed by atoms with Crippen molar-refractivity contribution in [1.29, 1.82) is 0 Å². The van der Waals surface area contributed by atoms with Crippen molar-refractivity contribution in [3.05, 3.63) is 0 Å². The number of rotatable bonds is 4. The Hall–Kier alpha value is -1.11. The average Bonchev–Trinajstić information content (AvgIpc) is 2.57. The van der Waals surface area contributed by atoms with Gasteiger partial charge in [-0.3, -0.25) is 9.59 Å². The number of hydrogen-bond donors (Lipinski definition) is 2. The van der Waals surface area contributed by atoms with E-state index in [1.165, 1.54) is 13.8 Å². The van der Waals surface area contributed by atoms with Crippen LogP contribution in [0, 0.1) is 11.3 Å². The van der Waals surface area contributed by atoms with E-state index < -0.39 is 32.7 Å². The molecular formula is C12H21NO5S. The second-order valence-corrected chi connectivity index (χ2v) is 8.37. The van der Waals surface area contributed by atoms with E-state index in [1.54, 1.807) is 13.8 Å². The van der Waals surface area contributed by atoms with Gasteiger partial charge < -0.3 is 10.4 Å². The molecule has 1 aliphatic rings. The molecule has 0 saturated carbocycles. The van der Waals surface area contributed by atoms with Gasteiger partial charge in [0.1, 0.15) is 0 Å². The standard InChI is InChI=1S/C12H21NO5S/c1-11(2,10(15)16)12(3,4)13-9(14)8-5-6-19(17,18)7-8/h8H,5-7H2,1-4H3,(H,13,14)(H,15,16). The molecule has 19 heavy (non-hydrogen) atoms. The molecule has 0 bridgehead atoms. The van der Waals surface area contributed by atoms with Crippen LogP contribution in [0.5, 0.6) is 0 Å². The number of hydrogen-bond acceptors (Lipinski definition) is 4. The van der Waals surface area contributed by atoms with E-state index in [1.807, 2.05) is 0 Å². The molecule has 1 fully saturated rings. The van der Waals surface area contributed by atoms with Crippen LogP contribution in [-0.4, -0.2) is 42.4 Å². The van der Waals surface area contributed by atoms with Gasteiger partial charge in [-0.25, -0.2) is 8.42 Å². The lowest BCUT2D eigenvalue weighted by Crippen LogP contribution is -2.58. The molecule has 1 amide bonds. The SMILES string of the molecule is CC(C)(NC(=O)C1CCS(=O)(=O)C1)C(C)(C)C(=O)O. The number of carboxylic acids is 1. The van der Waals surface area contributed by atoms with E-state index in [9.17, 15) is 23.1 Å². The average molecular weight is 291 g/mol. The predicted octanol–water partition coefficient (Wildman–Crippen LogP) is 0.427. The summed E-state index contributed by atoms with van der Waals surface area (Å²) in [6.07, 6.45) is 0.303. The van der Waals surface area contributed by atoms with Crippen molar-refractivity contribution in [2.45, 2.75) is 39.7 Å². The molecule has 7 heteroatoms. The van der Waals surface area contributed by atoms with Gasteiger partial charge in [-0.1, -0.05) is 0 Å². The highest BCUT2D eigenvalue weighted by Gasteiger charge is 2.46. The maximum atomic E-state index is 12.0. The molecular weight excluding hydrogens is 270 g/mol. The van der Waals surface area contributed by atoms with E-state index in [-0.39, 0.29) is 17.4 Å². The monoisotopic (exact) mass is 291 g/mol. The molecule has 1 rings (SSSR count). The first-order valence-corrected chi connectivity index (χ1v) is 7.97. The van der Waals surface area contributed by atoms with Gasteiger partial charge in [0.05, 0.1) is 22.8 Å². The zero-order valence-corrected chi connectivity index (χ0v) is 12.5. The van der Waals surface area contributed by atoms with Gasteiger partial charge in [-0.05, 0) is 34.1 Å². The fourth-order valence-electron chi connectivity index (χ4n) is 1.84. The zero-order chi connectivity index (χ0) is 15.1. The molecule has 0 spiro atoms.